The number of hydrogen-bond acceptors (Lipinski definition) is 0. The van der Waals surface area contributed by atoms with E-state index in [0.29, 0.717) is 22.8 Å². The Labute approximate surface area is 261 Å². The fourth-order valence-corrected chi connectivity index (χ4v) is 7.12. The van der Waals surface area contributed by atoms with Gasteiger partial charge in [0.05, 0.1) is 5.57 Å². The molecule has 0 unspecified atom stereocenters. The Kier molecular flexibility index (Phi) is 6.52. The summed E-state index contributed by atoms with van der Waals surface area (Å²) >= 11 is 0. The third-order valence-electron chi connectivity index (χ3n) is 9.14. The van der Waals surface area contributed by atoms with Crippen molar-refractivity contribution in [3.05, 3.63) is 156 Å². The summed E-state index contributed by atoms with van der Waals surface area (Å²) < 4.78 is 38.6. The van der Waals surface area contributed by atoms with Crippen molar-refractivity contribution in [2.45, 2.75) is 26.3 Å². The van der Waals surface area contributed by atoms with Crippen molar-refractivity contribution < 1.29 is 13.1 Å². The van der Waals surface area contributed by atoms with Gasteiger partial charge in [0.2, 0.25) is 0 Å². The van der Waals surface area contributed by atoms with Gasteiger partial charge in [-0.05, 0) is 59.9 Å². The van der Waals surface area contributed by atoms with E-state index in [0.717, 1.165) is 41.4 Å². The summed E-state index contributed by atoms with van der Waals surface area (Å²) in [5, 5.41) is 4.84. The fraction of sp³-hybridized carbons (Fsp3) is 0.103. The lowest BCUT2D eigenvalue weighted by atomic mass is 9.86. The summed E-state index contributed by atoms with van der Waals surface area (Å²) in [5.74, 6) is 0. The Morgan fingerprint density at radius 3 is 2.22 bits per heavy atom. The molecule has 8 rings (SSSR count). The molecule has 0 spiro atoms. The number of aromatic nitrogens is 2. The van der Waals surface area contributed by atoms with E-state index in [1.807, 2.05) is 97.1 Å². The van der Waals surface area contributed by atoms with E-state index in [9.17, 15) is 0 Å². The van der Waals surface area contributed by atoms with E-state index in [-0.39, 0.29) is 0 Å². The first-order valence-electron chi connectivity index (χ1n) is 15.7. The van der Waals surface area contributed by atoms with Crippen LogP contribution in [0.1, 0.15) is 31.0 Å². The van der Waals surface area contributed by atoms with Crippen LogP contribution < -0.4 is 5.35 Å². The summed E-state index contributed by atoms with van der Waals surface area (Å²) in [5.41, 5.74) is 5.54. The Morgan fingerprint density at radius 2 is 1.47 bits per heavy atom. The van der Waals surface area contributed by atoms with Gasteiger partial charge in [-0.15, -0.1) is 0 Å². The van der Waals surface area contributed by atoms with Crippen molar-refractivity contribution in [2.75, 3.05) is 0 Å². The van der Waals surface area contributed by atoms with E-state index in [1.165, 1.54) is 30.6 Å². The molecule has 0 radical (unpaired) electrons. The van der Waals surface area contributed by atoms with Gasteiger partial charge in [-0.25, -0.2) is 0 Å². The molecule has 0 saturated carbocycles. The quantitative estimate of drug-likeness (QED) is 0.165. The van der Waals surface area contributed by atoms with E-state index in [2.05, 4.69) is 54.0 Å². The van der Waals surface area contributed by atoms with Crippen LogP contribution in [0.3, 0.4) is 0 Å². The second kappa shape index (κ2) is 10.7. The lowest BCUT2D eigenvalue weighted by Crippen LogP contribution is -2.51. The number of unbranched alkanes of at least 4 members (excludes halogenated alkanes) is 1. The first kappa shape index (κ1) is 27.3. The van der Waals surface area contributed by atoms with E-state index in [1.54, 1.807) is 0 Å². The number of fused-ring (bicyclic) bond motifs is 2. The van der Waals surface area contributed by atoms with Gasteiger partial charge in [0.25, 0.3) is 0 Å². The molecule has 2 aromatic heterocycles. The van der Waals surface area contributed by atoms with E-state index < -0.39 is 6.97 Å². The fourth-order valence-electron chi connectivity index (χ4n) is 7.12. The maximum absolute atomic E-state index is 16.9. The van der Waals surface area contributed by atoms with Gasteiger partial charge in [-0.1, -0.05) is 98.3 Å². The zero-order chi connectivity index (χ0) is 30.5. The van der Waals surface area contributed by atoms with Gasteiger partial charge >= 0.3 is 6.97 Å². The average molecular weight is 592 g/mol. The Hall–Kier alpha value is -5.23. The summed E-state index contributed by atoms with van der Waals surface area (Å²) in [7, 11) is 0. The molecule has 4 heterocycles. The van der Waals surface area contributed by atoms with E-state index in [4.69, 9.17) is 0 Å². The van der Waals surface area contributed by atoms with Crippen LogP contribution in [0.25, 0.3) is 44.6 Å². The summed E-state index contributed by atoms with van der Waals surface area (Å²) in [6, 6.07) is 35.5. The molecule has 0 bridgehead atoms. The van der Waals surface area contributed by atoms with Gasteiger partial charge in [-0.2, -0.15) is 0 Å². The van der Waals surface area contributed by atoms with Gasteiger partial charge < -0.3 is 22.2 Å². The minimum atomic E-state index is -4.19. The second-order valence-electron chi connectivity index (χ2n) is 11.8. The smallest absolute Gasteiger partial charge is 0.389 e. The summed E-state index contributed by atoms with van der Waals surface area (Å²) in [4.78, 5) is 0. The SMILES string of the molecule is CCCCn1/c(=C\C=C\C2=C3C=CC(c4ccccc4)=[N+]3[B-](F)(F)n3c2ccc3-c2ccccc2)c2cccc3cccc1c32. The summed E-state index contributed by atoms with van der Waals surface area (Å²) in [6.07, 6.45) is 12.0. The zero-order valence-corrected chi connectivity index (χ0v) is 25.1. The van der Waals surface area contributed by atoms with E-state index >= 15 is 8.63 Å². The largest absolute Gasteiger partial charge is 0.737 e. The molecule has 220 valence electrons. The molecule has 3 nitrogen and oxygen atoms in total. The van der Waals surface area contributed by atoms with Crippen LogP contribution in [0.2, 0.25) is 0 Å². The maximum atomic E-state index is 16.9. The first-order valence-corrected chi connectivity index (χ1v) is 15.7. The average Bonchev–Trinajstić information content (AvgIpc) is 3.80. The van der Waals surface area contributed by atoms with Gasteiger partial charge in [0, 0.05) is 57.3 Å². The van der Waals surface area contributed by atoms with Gasteiger partial charge in [0.15, 0.2) is 11.4 Å². The monoisotopic (exact) mass is 591 g/mol. The number of allylic oxidation sites excluding steroid dienone is 5. The van der Waals surface area contributed by atoms with Crippen LogP contribution in [0, 0.1) is 0 Å². The van der Waals surface area contributed by atoms with Crippen molar-refractivity contribution in [3.8, 4) is 11.3 Å². The lowest BCUT2D eigenvalue weighted by Gasteiger charge is -2.33. The molecule has 0 N–H and O–H groups in total. The van der Waals surface area contributed by atoms with Gasteiger partial charge in [0.1, 0.15) is 0 Å². The number of nitrogens with zero attached hydrogens (tertiary/aromatic N) is 3. The highest BCUT2D eigenvalue weighted by molar-refractivity contribution is 6.59. The highest BCUT2D eigenvalue weighted by Gasteiger charge is 2.54. The molecule has 2 aliphatic rings. The van der Waals surface area contributed by atoms with Crippen LogP contribution in [0.15, 0.2) is 139 Å². The standard InChI is InChI=1S/C39H32BF2N3/c1-2-3-27-43-35(32-20-10-17-30-18-11-22-38(43)39(30)32)21-12-19-31-36-25-23-33(28-13-6-4-7-14-28)44(36)40(41,42)45-34(24-26-37(31)45)29-15-8-5-9-16-29/h4-26H,2-3,27H2,1H3/b19-12+,35-21-. The third kappa shape index (κ3) is 4.27. The van der Waals surface area contributed by atoms with Crippen molar-refractivity contribution in [2.24, 2.45) is 0 Å². The Bertz CT molecular complexity index is 2260. The van der Waals surface area contributed by atoms with Crippen molar-refractivity contribution in [1.82, 2.24) is 9.05 Å². The number of hydrogen-bond donors (Lipinski definition) is 0. The van der Waals surface area contributed by atoms with Crippen LogP contribution >= 0.6 is 0 Å². The highest BCUT2D eigenvalue weighted by Crippen LogP contribution is 2.41. The molecule has 6 aromatic rings. The predicted molar refractivity (Wildman–Crippen MR) is 183 cm³/mol. The number of rotatable bonds is 7. The normalized spacial score (nSPS) is 16.1. The predicted octanol–water partition coefficient (Wildman–Crippen LogP) is 8.84. The highest BCUT2D eigenvalue weighted by atomic mass is 19.2. The molecule has 2 aliphatic heterocycles. The van der Waals surface area contributed by atoms with Gasteiger partial charge in [-0.3, -0.25) is 0 Å². The zero-order valence-electron chi connectivity index (χ0n) is 25.1. The molecular weight excluding hydrogens is 559 g/mol. The molecular formula is C39H32BF2N3. The number of benzene rings is 4. The van der Waals surface area contributed by atoms with Crippen molar-refractivity contribution in [1.29, 1.82) is 0 Å². The second-order valence-corrected chi connectivity index (χ2v) is 11.8. The van der Waals surface area contributed by atoms with Crippen LogP contribution in [-0.2, 0) is 6.54 Å². The van der Waals surface area contributed by atoms with Crippen LogP contribution in [0.5, 0.6) is 0 Å². The molecule has 45 heavy (non-hydrogen) atoms. The molecule has 0 saturated heterocycles. The topological polar surface area (TPSA) is 12.9 Å². The Morgan fingerprint density at radius 1 is 0.756 bits per heavy atom. The Balaban J connectivity index is 1.35. The lowest BCUT2D eigenvalue weighted by molar-refractivity contribution is -0.360. The molecule has 0 amide bonds. The number of halogens is 2. The maximum Gasteiger partial charge on any atom is 0.737 e. The molecule has 6 heteroatoms. The molecule has 4 aromatic carbocycles. The minimum absolute atomic E-state index is 0.502. The molecule has 0 atom stereocenters. The summed E-state index contributed by atoms with van der Waals surface area (Å²) in [6.45, 7) is -1.06. The number of aryl methyl sites for hydroxylation is 1. The molecule has 0 aliphatic carbocycles. The van der Waals surface area contributed by atoms with Crippen LogP contribution in [0.4, 0.5) is 8.63 Å². The van der Waals surface area contributed by atoms with Crippen LogP contribution in [-0.4, -0.2) is 26.2 Å². The third-order valence-corrected chi connectivity index (χ3v) is 9.14. The van der Waals surface area contributed by atoms with Crippen molar-refractivity contribution in [3.63, 3.8) is 0 Å². The minimum Gasteiger partial charge on any atom is -0.389 e. The van der Waals surface area contributed by atoms with Crippen molar-refractivity contribution >= 4 is 46.0 Å². The molecule has 0 fully saturated rings. The first-order chi connectivity index (χ1) is 22.1.